The Hall–Kier alpha value is -6.80. The number of sulfonamides is 1. The highest BCUT2D eigenvalue weighted by Gasteiger charge is 2.50. The van der Waals surface area contributed by atoms with Crippen molar-refractivity contribution in [3.63, 3.8) is 0 Å². The summed E-state index contributed by atoms with van der Waals surface area (Å²) in [6.45, 7) is 17.0. The third kappa shape index (κ3) is 11.2. The van der Waals surface area contributed by atoms with Gasteiger partial charge >= 0.3 is 0 Å². The summed E-state index contributed by atoms with van der Waals surface area (Å²) in [5.74, 6) is 0.788. The third-order valence-corrected chi connectivity index (χ3v) is 19.2. The van der Waals surface area contributed by atoms with Crippen molar-refractivity contribution in [1.29, 1.82) is 0 Å². The number of hydrogen-bond donors (Lipinski definition) is 4. The number of nitrogens with zero attached hydrogens (tertiary/aromatic N) is 5. The lowest BCUT2D eigenvalue weighted by Gasteiger charge is -2.58. The number of nitro benzene ring substituents is 1. The van der Waals surface area contributed by atoms with Gasteiger partial charge in [0.2, 0.25) is 0 Å². The smallest absolute Gasteiger partial charge is 0.293 e. The lowest BCUT2D eigenvalue weighted by atomic mass is 9.59. The minimum Gasteiger partial charge on any atom is -0.493 e. The van der Waals surface area contributed by atoms with Gasteiger partial charge in [-0.1, -0.05) is 52.0 Å². The molecule has 2 saturated carbocycles. The summed E-state index contributed by atoms with van der Waals surface area (Å²) >= 11 is 0. The van der Waals surface area contributed by atoms with E-state index in [0.717, 1.165) is 101 Å². The minimum atomic E-state index is -4.65. The second kappa shape index (κ2) is 21.6. The van der Waals surface area contributed by atoms with E-state index in [1.165, 1.54) is 58.9 Å². The summed E-state index contributed by atoms with van der Waals surface area (Å²) in [7, 11) is -2.94. The van der Waals surface area contributed by atoms with Gasteiger partial charge in [-0.3, -0.25) is 24.7 Å². The van der Waals surface area contributed by atoms with Crippen LogP contribution in [0.5, 0.6) is 23.0 Å². The van der Waals surface area contributed by atoms with Crippen molar-refractivity contribution in [2.45, 2.75) is 126 Å². The molecule has 17 nitrogen and oxygen atoms in total. The molecule has 0 bridgehead atoms. The number of methoxy groups -OCH3 is 1. The first-order valence-electron chi connectivity index (χ1n) is 28.1. The monoisotopic (exact) mass is 1110 g/mol. The van der Waals surface area contributed by atoms with E-state index in [2.05, 4.69) is 98.8 Å². The van der Waals surface area contributed by atoms with Gasteiger partial charge in [-0.2, -0.15) is 0 Å². The number of ether oxygens (including phenoxy) is 3. The predicted molar refractivity (Wildman–Crippen MR) is 305 cm³/mol. The SMILES string of the molecule is COc1cc(CN2CCN(C3CC4(CCN(c5ccc(C(=O)NS(=O)(=O)c6ccc(NC[C@H]7CC[C@](C)(O)CC7)c([N+](=O)[O-])c6)c(Oc6cnc7[nH]cc(F)c7c6)c5)CC4)C3)[C@H](c3ccccc3C(C)C)C2)cc2c1OCC2(C)C. The molecule has 4 fully saturated rings. The first-order valence-corrected chi connectivity index (χ1v) is 29.6. The Morgan fingerprint density at radius 2 is 1.74 bits per heavy atom. The molecule has 5 heterocycles. The Bertz CT molecular complexity index is 3430. The van der Waals surface area contributed by atoms with Gasteiger partial charge in [-0.05, 0) is 135 Å². The van der Waals surface area contributed by atoms with Crippen molar-refractivity contribution in [3.05, 3.63) is 135 Å². The standard InChI is InChI=1S/C61H73FN8O9S/c1-38(2)45-9-7-8-10-46(45)53-36-67(35-40-25-49-56(55(26-40)77-6)78-37-59(49,3)4)23-24-69(53)42-30-61(31-42)19-21-68(22-20-61)41-11-13-47(54(27-41)79-43-28-48-50(62)34-65-57(48)64-33-43)58(71)66-80(75,76)44-12-14-51(52(29-44)70(73)74)63-32-39-15-17-60(5,72)18-16-39/h7-14,25-29,33-34,38-39,42,53,63,72H,15-24,30-32,35-37H2,1-6H3,(H,64,65)(H,66,71)/t39-,53-,60-/m0/s1. The molecule has 80 heavy (non-hydrogen) atoms. The fourth-order valence-corrected chi connectivity index (χ4v) is 14.1. The van der Waals surface area contributed by atoms with Crippen molar-refractivity contribution in [2.75, 3.05) is 63.2 Å². The van der Waals surface area contributed by atoms with E-state index in [-0.39, 0.29) is 50.9 Å². The maximum atomic E-state index is 14.8. The Labute approximate surface area is 467 Å². The van der Waals surface area contributed by atoms with Crippen molar-refractivity contribution in [1.82, 2.24) is 24.5 Å². The van der Waals surface area contributed by atoms with Crippen molar-refractivity contribution < 1.29 is 41.8 Å². The molecule has 1 atom stereocenters. The van der Waals surface area contributed by atoms with Crippen LogP contribution in [0, 0.1) is 27.3 Å². The molecule has 11 rings (SSSR count). The van der Waals surface area contributed by atoms with Crippen LogP contribution in [0.15, 0.2) is 96.2 Å². The van der Waals surface area contributed by atoms with Gasteiger partial charge in [-0.15, -0.1) is 0 Å². The number of aromatic nitrogens is 2. The summed E-state index contributed by atoms with van der Waals surface area (Å²) in [6, 6.07) is 24.0. The number of piperazine rings is 1. The average molecular weight is 1110 g/mol. The number of piperidine rings is 1. The molecule has 0 radical (unpaired) electrons. The van der Waals surface area contributed by atoms with Crippen LogP contribution in [0.3, 0.4) is 0 Å². The highest BCUT2D eigenvalue weighted by molar-refractivity contribution is 7.90. The highest BCUT2D eigenvalue weighted by atomic mass is 32.2. The number of carbonyl (C=O) groups excluding carboxylic acids is 1. The summed E-state index contributed by atoms with van der Waals surface area (Å²) < 4.78 is 63.0. The van der Waals surface area contributed by atoms with Crippen LogP contribution < -0.4 is 29.1 Å². The first-order chi connectivity index (χ1) is 38.2. The van der Waals surface area contributed by atoms with Crippen LogP contribution in [0.2, 0.25) is 0 Å². The summed E-state index contributed by atoms with van der Waals surface area (Å²) in [6.07, 6.45) is 9.41. The second-order valence-electron chi connectivity index (χ2n) is 24.3. The first kappa shape index (κ1) is 55.1. The second-order valence-corrected chi connectivity index (χ2v) is 26.0. The quantitative estimate of drug-likeness (QED) is 0.0526. The number of fused-ring (bicyclic) bond motifs is 2. The molecule has 0 unspecified atom stereocenters. The number of nitrogens with one attached hydrogen (secondary N) is 3. The molecule has 424 valence electrons. The number of pyridine rings is 1. The number of aromatic amines is 1. The normalized spacial score (nSPS) is 22.2. The molecule has 4 N–H and O–H groups in total. The molecule has 2 saturated heterocycles. The number of aliphatic hydroxyl groups is 1. The molecular formula is C61H73FN8O9S. The van der Waals surface area contributed by atoms with E-state index >= 15 is 0 Å². The van der Waals surface area contributed by atoms with Crippen molar-refractivity contribution in [3.8, 4) is 23.0 Å². The predicted octanol–water partition coefficient (Wildman–Crippen LogP) is 11.0. The number of H-pyrrole nitrogens is 1. The lowest BCUT2D eigenvalue weighted by molar-refractivity contribution is -0.384. The van der Waals surface area contributed by atoms with E-state index in [0.29, 0.717) is 43.6 Å². The molecular weight excluding hydrogens is 1040 g/mol. The maximum absolute atomic E-state index is 14.8. The van der Waals surface area contributed by atoms with Crippen molar-refractivity contribution >= 4 is 44.0 Å². The molecule has 3 aliphatic heterocycles. The minimum absolute atomic E-state index is 0.0195. The van der Waals surface area contributed by atoms with E-state index in [1.807, 2.05) is 0 Å². The number of nitro groups is 1. The van der Waals surface area contributed by atoms with Gasteiger partial charge in [0, 0.05) is 92.9 Å². The lowest BCUT2D eigenvalue weighted by Crippen LogP contribution is -2.60. The van der Waals surface area contributed by atoms with E-state index in [9.17, 15) is 32.8 Å². The molecule has 1 spiro atoms. The molecule has 2 aliphatic carbocycles. The van der Waals surface area contributed by atoms with Gasteiger partial charge in [0.05, 0.1) is 46.3 Å². The zero-order valence-electron chi connectivity index (χ0n) is 46.5. The van der Waals surface area contributed by atoms with Crippen LogP contribution in [-0.4, -0.2) is 109 Å². The fourth-order valence-electron chi connectivity index (χ4n) is 13.1. The topological polar surface area (TPSA) is 205 Å². The van der Waals surface area contributed by atoms with Gasteiger partial charge < -0.3 is 34.5 Å². The number of hydrogen-bond acceptors (Lipinski definition) is 14. The molecule has 4 aromatic carbocycles. The van der Waals surface area contributed by atoms with Gasteiger partial charge in [0.15, 0.2) is 11.5 Å². The molecule has 5 aliphatic rings. The summed E-state index contributed by atoms with van der Waals surface area (Å²) in [5, 5.41) is 25.9. The fraction of sp³-hybridized carbons (Fsp3) is 0.475. The largest absolute Gasteiger partial charge is 0.493 e. The zero-order chi connectivity index (χ0) is 56.3. The van der Waals surface area contributed by atoms with E-state index in [4.69, 9.17) is 14.2 Å². The Morgan fingerprint density at radius 1 is 0.975 bits per heavy atom. The number of amides is 1. The van der Waals surface area contributed by atoms with E-state index in [1.54, 1.807) is 26.2 Å². The van der Waals surface area contributed by atoms with Crippen LogP contribution in [-0.2, 0) is 22.0 Å². The highest BCUT2D eigenvalue weighted by Crippen LogP contribution is 2.54. The third-order valence-electron chi connectivity index (χ3n) is 17.9. The van der Waals surface area contributed by atoms with E-state index < -0.39 is 42.9 Å². The number of anilines is 2. The van der Waals surface area contributed by atoms with Crippen LogP contribution in [0.25, 0.3) is 11.0 Å². The zero-order valence-corrected chi connectivity index (χ0v) is 47.3. The Balaban J connectivity index is 0.787. The number of halogens is 1. The maximum Gasteiger partial charge on any atom is 0.293 e. The molecule has 6 aromatic rings. The summed E-state index contributed by atoms with van der Waals surface area (Å²) in [4.78, 5) is 40.0. The molecule has 19 heteroatoms. The van der Waals surface area contributed by atoms with Crippen LogP contribution in [0.1, 0.15) is 131 Å². The Morgan fingerprint density at radius 3 is 2.48 bits per heavy atom. The van der Waals surface area contributed by atoms with Gasteiger partial charge in [0.1, 0.15) is 28.7 Å². The molecule has 2 aromatic heterocycles. The number of rotatable bonds is 16. The van der Waals surface area contributed by atoms with Gasteiger partial charge in [0.25, 0.3) is 21.6 Å². The number of carbonyl (C=O) groups is 1. The molecule has 1 amide bonds. The van der Waals surface area contributed by atoms with Crippen LogP contribution in [0.4, 0.5) is 21.5 Å². The van der Waals surface area contributed by atoms with Crippen LogP contribution >= 0.6 is 0 Å². The number of benzene rings is 4. The average Bonchev–Trinajstić information content (AvgIpc) is 4.09. The van der Waals surface area contributed by atoms with Gasteiger partial charge in [-0.25, -0.2) is 22.5 Å². The van der Waals surface area contributed by atoms with Crippen molar-refractivity contribution in [2.24, 2.45) is 11.3 Å². The Kier molecular flexibility index (Phi) is 14.9. The summed E-state index contributed by atoms with van der Waals surface area (Å²) in [5.41, 5.74) is 5.20.